The predicted octanol–water partition coefficient (Wildman–Crippen LogP) is 2.26. The van der Waals surface area contributed by atoms with Crippen LogP contribution in [0.3, 0.4) is 0 Å². The highest BCUT2D eigenvalue weighted by atomic mass is 16.1. The molecule has 2 heterocycles. The van der Waals surface area contributed by atoms with Crippen molar-refractivity contribution < 1.29 is 0 Å². The number of rotatable bonds is 3. The molecule has 3 aromatic rings. The number of nitrogens with zero attached hydrogens (tertiary/aromatic N) is 2. The second-order valence-electron chi connectivity index (χ2n) is 5.39. The van der Waals surface area contributed by atoms with Crippen molar-refractivity contribution in [3.05, 3.63) is 64.5 Å². The van der Waals surface area contributed by atoms with Gasteiger partial charge in [0.1, 0.15) is 0 Å². The molecule has 0 aliphatic heterocycles. The minimum Gasteiger partial charge on any atom is -0.347 e. The fourth-order valence-electron chi connectivity index (χ4n) is 2.89. The lowest BCUT2D eigenvalue weighted by Crippen LogP contribution is -2.09. The monoisotopic (exact) mass is 293 g/mol. The number of aromatic nitrogens is 4. The maximum absolute atomic E-state index is 11.1. The predicted molar refractivity (Wildman–Crippen MR) is 83.6 cm³/mol. The SMILES string of the molecule is O=c1[nH]cc(-c2cnc(N[C@@H]3CCc4ccccc43)nc2)[nH]1. The Balaban J connectivity index is 1.54. The van der Waals surface area contributed by atoms with Gasteiger partial charge in [0.05, 0.1) is 11.7 Å². The number of fused-ring (bicyclic) bond motifs is 1. The van der Waals surface area contributed by atoms with Gasteiger partial charge in [0.2, 0.25) is 5.95 Å². The van der Waals surface area contributed by atoms with E-state index in [0.717, 1.165) is 18.4 Å². The number of aryl methyl sites for hydroxylation is 1. The molecule has 3 N–H and O–H groups in total. The van der Waals surface area contributed by atoms with Crippen LogP contribution >= 0.6 is 0 Å². The number of H-pyrrole nitrogens is 2. The van der Waals surface area contributed by atoms with E-state index in [9.17, 15) is 4.79 Å². The zero-order chi connectivity index (χ0) is 14.9. The average molecular weight is 293 g/mol. The van der Waals surface area contributed by atoms with Gasteiger partial charge >= 0.3 is 5.69 Å². The van der Waals surface area contributed by atoms with Crippen LogP contribution in [0.2, 0.25) is 0 Å². The molecule has 1 aliphatic rings. The highest BCUT2D eigenvalue weighted by molar-refractivity contribution is 5.56. The van der Waals surface area contributed by atoms with Crippen LogP contribution < -0.4 is 11.0 Å². The molecule has 0 unspecified atom stereocenters. The number of aromatic amines is 2. The Morgan fingerprint density at radius 1 is 1.18 bits per heavy atom. The summed E-state index contributed by atoms with van der Waals surface area (Å²) in [7, 11) is 0. The highest BCUT2D eigenvalue weighted by Gasteiger charge is 2.22. The molecule has 0 amide bonds. The van der Waals surface area contributed by atoms with E-state index >= 15 is 0 Å². The molecule has 6 heteroatoms. The van der Waals surface area contributed by atoms with Crippen molar-refractivity contribution >= 4 is 5.95 Å². The Morgan fingerprint density at radius 2 is 2.00 bits per heavy atom. The Morgan fingerprint density at radius 3 is 2.77 bits per heavy atom. The van der Waals surface area contributed by atoms with Crippen LogP contribution in [0, 0.1) is 0 Å². The minimum atomic E-state index is -0.236. The quantitative estimate of drug-likeness (QED) is 0.691. The van der Waals surface area contributed by atoms with Crippen LogP contribution in [0.5, 0.6) is 0 Å². The first kappa shape index (κ1) is 12.8. The number of nitrogens with one attached hydrogen (secondary N) is 3. The average Bonchev–Trinajstić information content (AvgIpc) is 3.15. The molecular weight excluding hydrogens is 278 g/mol. The lowest BCUT2D eigenvalue weighted by atomic mass is 10.1. The number of hydrogen-bond donors (Lipinski definition) is 3. The maximum atomic E-state index is 11.1. The summed E-state index contributed by atoms with van der Waals surface area (Å²) < 4.78 is 0. The lowest BCUT2D eigenvalue weighted by molar-refractivity contribution is 0.751. The van der Waals surface area contributed by atoms with E-state index < -0.39 is 0 Å². The molecule has 4 rings (SSSR count). The summed E-state index contributed by atoms with van der Waals surface area (Å²) in [5.74, 6) is 0.600. The van der Waals surface area contributed by atoms with Gasteiger partial charge in [0.15, 0.2) is 0 Å². The summed E-state index contributed by atoms with van der Waals surface area (Å²) >= 11 is 0. The van der Waals surface area contributed by atoms with Crippen LogP contribution in [-0.4, -0.2) is 19.9 Å². The van der Waals surface area contributed by atoms with Crippen molar-refractivity contribution in [2.75, 3.05) is 5.32 Å². The van der Waals surface area contributed by atoms with Gasteiger partial charge in [-0.2, -0.15) is 0 Å². The van der Waals surface area contributed by atoms with Crippen molar-refractivity contribution in [3.8, 4) is 11.3 Å². The molecule has 1 atom stereocenters. The number of hydrogen-bond acceptors (Lipinski definition) is 4. The molecule has 0 fully saturated rings. The molecule has 0 bridgehead atoms. The summed E-state index contributed by atoms with van der Waals surface area (Å²) in [6.07, 6.45) is 7.15. The number of imidazole rings is 1. The highest BCUT2D eigenvalue weighted by Crippen LogP contribution is 2.32. The molecule has 1 aromatic carbocycles. The Labute approximate surface area is 126 Å². The summed E-state index contributed by atoms with van der Waals surface area (Å²) in [5, 5.41) is 3.38. The third kappa shape index (κ3) is 2.28. The molecule has 2 aromatic heterocycles. The van der Waals surface area contributed by atoms with Crippen LogP contribution in [0.15, 0.2) is 47.7 Å². The topological polar surface area (TPSA) is 86.5 Å². The van der Waals surface area contributed by atoms with E-state index in [1.165, 1.54) is 11.1 Å². The maximum Gasteiger partial charge on any atom is 0.323 e. The van der Waals surface area contributed by atoms with Gasteiger partial charge in [-0.25, -0.2) is 14.8 Å². The molecule has 6 nitrogen and oxygen atoms in total. The summed E-state index contributed by atoms with van der Waals surface area (Å²) in [6, 6.07) is 8.71. The molecule has 0 radical (unpaired) electrons. The van der Waals surface area contributed by atoms with Crippen LogP contribution in [-0.2, 0) is 6.42 Å². The van der Waals surface area contributed by atoms with Gasteiger partial charge < -0.3 is 15.3 Å². The van der Waals surface area contributed by atoms with E-state index in [1.54, 1.807) is 18.6 Å². The Hall–Kier alpha value is -2.89. The summed E-state index contributed by atoms with van der Waals surface area (Å²) in [4.78, 5) is 25.1. The van der Waals surface area contributed by atoms with E-state index in [4.69, 9.17) is 0 Å². The van der Waals surface area contributed by atoms with E-state index in [0.29, 0.717) is 11.6 Å². The van der Waals surface area contributed by atoms with Crippen molar-refractivity contribution in [1.82, 2.24) is 19.9 Å². The van der Waals surface area contributed by atoms with Crippen molar-refractivity contribution in [3.63, 3.8) is 0 Å². The van der Waals surface area contributed by atoms with E-state index in [2.05, 4.69) is 49.5 Å². The second-order valence-corrected chi connectivity index (χ2v) is 5.39. The fourth-order valence-corrected chi connectivity index (χ4v) is 2.89. The van der Waals surface area contributed by atoms with Crippen LogP contribution in [0.1, 0.15) is 23.6 Å². The summed E-state index contributed by atoms with van der Waals surface area (Å²) in [5.41, 5.74) is 3.94. The van der Waals surface area contributed by atoms with Gasteiger partial charge in [-0.3, -0.25) is 0 Å². The van der Waals surface area contributed by atoms with Crippen LogP contribution in [0.4, 0.5) is 5.95 Å². The molecule has 22 heavy (non-hydrogen) atoms. The standard InChI is InChI=1S/C16H15N5O/c22-16-19-9-14(21-16)11-7-17-15(18-8-11)20-13-6-5-10-3-1-2-4-12(10)13/h1-4,7-9,13H,5-6H2,(H,17,18,20)(H2,19,21,22)/t13-/m1/s1. The zero-order valence-corrected chi connectivity index (χ0v) is 11.8. The first-order valence-electron chi connectivity index (χ1n) is 7.24. The molecule has 0 saturated heterocycles. The molecule has 0 spiro atoms. The van der Waals surface area contributed by atoms with Gasteiger partial charge in [0, 0.05) is 24.2 Å². The second kappa shape index (κ2) is 5.14. The zero-order valence-electron chi connectivity index (χ0n) is 11.8. The first-order chi connectivity index (χ1) is 10.8. The normalized spacial score (nSPS) is 16.5. The lowest BCUT2D eigenvalue weighted by Gasteiger charge is -2.13. The number of benzene rings is 1. The first-order valence-corrected chi connectivity index (χ1v) is 7.24. The van der Waals surface area contributed by atoms with Gasteiger partial charge in [0.25, 0.3) is 0 Å². The molecular formula is C16H15N5O. The summed E-state index contributed by atoms with van der Waals surface area (Å²) in [6.45, 7) is 0. The van der Waals surface area contributed by atoms with Crippen molar-refractivity contribution in [2.45, 2.75) is 18.9 Å². The third-order valence-electron chi connectivity index (χ3n) is 3.99. The molecule has 0 saturated carbocycles. The number of anilines is 1. The Bertz CT molecular complexity index is 849. The van der Waals surface area contributed by atoms with E-state index in [-0.39, 0.29) is 11.7 Å². The van der Waals surface area contributed by atoms with Crippen LogP contribution in [0.25, 0.3) is 11.3 Å². The van der Waals surface area contributed by atoms with Gasteiger partial charge in [-0.1, -0.05) is 24.3 Å². The molecule has 1 aliphatic carbocycles. The fraction of sp³-hybridized carbons (Fsp3) is 0.188. The van der Waals surface area contributed by atoms with Crippen molar-refractivity contribution in [2.24, 2.45) is 0 Å². The largest absolute Gasteiger partial charge is 0.347 e. The minimum absolute atomic E-state index is 0.236. The third-order valence-corrected chi connectivity index (χ3v) is 3.99. The van der Waals surface area contributed by atoms with Crippen molar-refractivity contribution in [1.29, 1.82) is 0 Å². The Kier molecular flexibility index (Phi) is 3.00. The smallest absolute Gasteiger partial charge is 0.323 e. The van der Waals surface area contributed by atoms with Gasteiger partial charge in [-0.05, 0) is 24.0 Å². The molecule has 110 valence electrons. The van der Waals surface area contributed by atoms with Gasteiger partial charge in [-0.15, -0.1) is 0 Å². The van der Waals surface area contributed by atoms with E-state index in [1.807, 2.05) is 0 Å².